The zero-order valence-corrected chi connectivity index (χ0v) is 20.1. The van der Waals surface area contributed by atoms with Gasteiger partial charge in [-0.05, 0) is 63.6 Å². The molecule has 1 aliphatic rings. The zero-order valence-electron chi connectivity index (χ0n) is 20.1. The number of carboxylic acids is 1. The summed E-state index contributed by atoms with van der Waals surface area (Å²) in [7, 11) is 3.50. The minimum atomic E-state index is -0.858. The van der Waals surface area contributed by atoms with Crippen LogP contribution in [0.2, 0.25) is 0 Å². The lowest BCUT2D eigenvalue weighted by Gasteiger charge is -2.27. The second-order valence-corrected chi connectivity index (χ2v) is 8.81. The maximum absolute atomic E-state index is 11.8. The van der Waals surface area contributed by atoms with Gasteiger partial charge in [-0.25, -0.2) is 9.78 Å². The van der Waals surface area contributed by atoms with Gasteiger partial charge in [0.2, 0.25) is 0 Å². The van der Waals surface area contributed by atoms with Crippen molar-refractivity contribution < 1.29 is 14.6 Å². The van der Waals surface area contributed by atoms with Crippen molar-refractivity contribution in [2.75, 3.05) is 43.9 Å². The van der Waals surface area contributed by atoms with Crippen LogP contribution < -0.4 is 10.6 Å². The van der Waals surface area contributed by atoms with Gasteiger partial charge in [0.1, 0.15) is 17.7 Å². The number of pyridine rings is 1. The van der Waals surface area contributed by atoms with Crippen LogP contribution in [-0.2, 0) is 29.4 Å². The standard InChI is InChI=1S/C24H38N6O3/c1-18(33-3)17-30(16-12-21(24(31)32)28-22-11-14-26-29(22)2)15-5-4-8-20-10-9-19-7-6-13-25-23(19)27-20/h9-11,14,18,21,28H,4-8,12-13,15-17H2,1-3H3,(H,25,27)(H,31,32)/t18-,21+/m1/s1. The number of nitrogens with one attached hydrogen (secondary N) is 2. The fraction of sp³-hybridized carbons (Fsp3) is 0.625. The van der Waals surface area contributed by atoms with Gasteiger partial charge in [0.25, 0.3) is 0 Å². The quantitative estimate of drug-likeness (QED) is 0.371. The number of carbonyl (C=O) groups is 1. The molecule has 0 saturated carbocycles. The average molecular weight is 459 g/mol. The maximum atomic E-state index is 11.8. The molecule has 9 heteroatoms. The molecule has 0 unspecified atom stereocenters. The number of methoxy groups -OCH3 is 1. The van der Waals surface area contributed by atoms with Crippen LogP contribution in [0.25, 0.3) is 0 Å². The molecule has 1 aliphatic heterocycles. The summed E-state index contributed by atoms with van der Waals surface area (Å²) < 4.78 is 7.11. The molecule has 2 aromatic heterocycles. The molecular weight excluding hydrogens is 420 g/mol. The van der Waals surface area contributed by atoms with Crippen LogP contribution in [0.5, 0.6) is 0 Å². The highest BCUT2D eigenvalue weighted by Crippen LogP contribution is 2.20. The maximum Gasteiger partial charge on any atom is 0.326 e. The van der Waals surface area contributed by atoms with Gasteiger partial charge in [0.15, 0.2) is 0 Å². The third-order valence-electron chi connectivity index (χ3n) is 6.20. The van der Waals surface area contributed by atoms with Crippen molar-refractivity contribution >= 4 is 17.6 Å². The first-order valence-corrected chi connectivity index (χ1v) is 11.9. The first kappa shape index (κ1) is 25.0. The van der Waals surface area contributed by atoms with Gasteiger partial charge in [-0.2, -0.15) is 5.10 Å². The van der Waals surface area contributed by atoms with Crippen LogP contribution in [0.1, 0.15) is 43.9 Å². The van der Waals surface area contributed by atoms with Gasteiger partial charge in [0, 0.05) is 45.6 Å². The summed E-state index contributed by atoms with van der Waals surface area (Å²) in [6.45, 7) is 5.39. The Morgan fingerprint density at radius 1 is 1.33 bits per heavy atom. The fourth-order valence-corrected chi connectivity index (χ4v) is 4.15. The number of carboxylic acid groups (broad SMARTS) is 1. The number of aryl methyl sites for hydroxylation is 3. The van der Waals surface area contributed by atoms with E-state index in [-0.39, 0.29) is 6.10 Å². The van der Waals surface area contributed by atoms with Crippen LogP contribution in [-0.4, -0.2) is 76.2 Å². The number of nitrogens with zero attached hydrogens (tertiary/aromatic N) is 4. The molecule has 0 aliphatic carbocycles. The number of ether oxygens (including phenoxy) is 1. The Kier molecular flexibility index (Phi) is 9.50. The summed E-state index contributed by atoms with van der Waals surface area (Å²) >= 11 is 0. The van der Waals surface area contributed by atoms with Crippen molar-refractivity contribution in [3.05, 3.63) is 35.7 Å². The summed E-state index contributed by atoms with van der Waals surface area (Å²) in [5, 5.41) is 20.3. The highest BCUT2D eigenvalue weighted by Gasteiger charge is 2.20. The number of fused-ring (bicyclic) bond motifs is 1. The number of aromatic nitrogens is 3. The van der Waals surface area contributed by atoms with Crippen LogP contribution in [0.3, 0.4) is 0 Å². The number of anilines is 2. The van der Waals surface area contributed by atoms with Gasteiger partial charge in [-0.15, -0.1) is 0 Å². The molecule has 3 heterocycles. The van der Waals surface area contributed by atoms with E-state index in [2.05, 4.69) is 32.8 Å². The normalized spacial score (nSPS) is 15.0. The molecule has 0 bridgehead atoms. The van der Waals surface area contributed by atoms with E-state index in [0.29, 0.717) is 18.8 Å². The van der Waals surface area contributed by atoms with Crippen LogP contribution in [0, 0.1) is 0 Å². The van der Waals surface area contributed by atoms with Crippen LogP contribution in [0.15, 0.2) is 24.4 Å². The van der Waals surface area contributed by atoms with E-state index in [9.17, 15) is 9.90 Å². The summed E-state index contributed by atoms with van der Waals surface area (Å²) in [5.74, 6) is 0.893. The third-order valence-corrected chi connectivity index (χ3v) is 6.20. The molecule has 0 spiro atoms. The first-order valence-electron chi connectivity index (χ1n) is 11.9. The minimum absolute atomic E-state index is 0.0895. The number of unbranched alkanes of at least 4 members (excludes halogenated alkanes) is 1. The molecule has 0 saturated heterocycles. The van der Waals surface area contributed by atoms with Gasteiger partial charge in [-0.1, -0.05) is 6.07 Å². The lowest BCUT2D eigenvalue weighted by atomic mass is 10.1. The van der Waals surface area contributed by atoms with Gasteiger partial charge in [0.05, 0.1) is 12.3 Å². The van der Waals surface area contributed by atoms with Crippen molar-refractivity contribution in [3.63, 3.8) is 0 Å². The predicted molar refractivity (Wildman–Crippen MR) is 130 cm³/mol. The Morgan fingerprint density at radius 2 is 2.18 bits per heavy atom. The van der Waals surface area contributed by atoms with E-state index in [1.807, 2.05) is 6.92 Å². The largest absolute Gasteiger partial charge is 0.480 e. The summed E-state index contributed by atoms with van der Waals surface area (Å²) in [5.41, 5.74) is 2.45. The number of hydrogen-bond donors (Lipinski definition) is 3. The molecule has 0 radical (unpaired) electrons. The fourth-order valence-electron chi connectivity index (χ4n) is 4.15. The summed E-state index contributed by atoms with van der Waals surface area (Å²) in [6, 6.07) is 5.47. The summed E-state index contributed by atoms with van der Waals surface area (Å²) in [4.78, 5) is 18.9. The highest BCUT2D eigenvalue weighted by atomic mass is 16.5. The zero-order chi connectivity index (χ0) is 23.6. The highest BCUT2D eigenvalue weighted by molar-refractivity contribution is 5.76. The van der Waals surface area contributed by atoms with E-state index in [4.69, 9.17) is 9.72 Å². The molecule has 33 heavy (non-hydrogen) atoms. The monoisotopic (exact) mass is 458 g/mol. The first-order chi connectivity index (χ1) is 16.0. The van der Waals surface area contributed by atoms with Crippen molar-refractivity contribution in [1.82, 2.24) is 19.7 Å². The summed E-state index contributed by atoms with van der Waals surface area (Å²) in [6.07, 6.45) is 7.53. The Labute approximate surface area is 196 Å². The van der Waals surface area contributed by atoms with E-state index in [0.717, 1.165) is 56.8 Å². The third kappa shape index (κ3) is 7.71. The SMILES string of the molecule is CO[C@H](C)CN(CCCCc1ccc2c(n1)NCCC2)CC[C@H](Nc1ccnn1C)C(=O)O. The van der Waals surface area contributed by atoms with E-state index < -0.39 is 12.0 Å². The number of hydrogen-bond acceptors (Lipinski definition) is 7. The Morgan fingerprint density at radius 3 is 2.91 bits per heavy atom. The van der Waals surface area contributed by atoms with Crippen molar-refractivity contribution in [2.45, 2.75) is 57.6 Å². The molecule has 9 nitrogen and oxygen atoms in total. The second kappa shape index (κ2) is 12.6. The molecule has 3 rings (SSSR count). The van der Waals surface area contributed by atoms with E-state index in [1.54, 1.807) is 31.1 Å². The lowest BCUT2D eigenvalue weighted by molar-refractivity contribution is -0.138. The van der Waals surface area contributed by atoms with Gasteiger partial charge in [-0.3, -0.25) is 4.68 Å². The van der Waals surface area contributed by atoms with Gasteiger partial charge >= 0.3 is 5.97 Å². The Hall–Kier alpha value is -2.65. The van der Waals surface area contributed by atoms with Crippen molar-refractivity contribution in [2.24, 2.45) is 7.05 Å². The number of aliphatic carboxylic acids is 1. The second-order valence-electron chi connectivity index (χ2n) is 8.81. The minimum Gasteiger partial charge on any atom is -0.480 e. The van der Waals surface area contributed by atoms with Gasteiger partial charge < -0.3 is 25.4 Å². The van der Waals surface area contributed by atoms with E-state index in [1.165, 1.54) is 12.0 Å². The molecule has 0 amide bonds. The topological polar surface area (TPSA) is 105 Å². The molecule has 2 atom stereocenters. The van der Waals surface area contributed by atoms with E-state index >= 15 is 0 Å². The Balaban J connectivity index is 1.49. The number of rotatable bonds is 14. The molecular formula is C24H38N6O3. The molecule has 182 valence electrons. The lowest BCUT2D eigenvalue weighted by Crippen LogP contribution is -2.38. The molecule has 3 N–H and O–H groups in total. The van der Waals surface area contributed by atoms with Crippen molar-refractivity contribution in [1.29, 1.82) is 0 Å². The van der Waals surface area contributed by atoms with Crippen LogP contribution >= 0.6 is 0 Å². The van der Waals surface area contributed by atoms with Crippen molar-refractivity contribution in [3.8, 4) is 0 Å². The smallest absolute Gasteiger partial charge is 0.326 e. The Bertz CT molecular complexity index is 887. The average Bonchev–Trinajstić information content (AvgIpc) is 3.22. The van der Waals surface area contributed by atoms with Crippen LogP contribution in [0.4, 0.5) is 11.6 Å². The predicted octanol–water partition coefficient (Wildman–Crippen LogP) is 2.79. The molecule has 0 aromatic carbocycles. The molecule has 2 aromatic rings. The molecule has 0 fully saturated rings.